The van der Waals surface area contributed by atoms with Crippen LogP contribution in [0.15, 0.2) is 12.2 Å². The quantitative estimate of drug-likeness (QED) is 0.435. The van der Waals surface area contributed by atoms with Crippen LogP contribution >= 0.6 is 0 Å². The Hall–Kier alpha value is -0.300. The van der Waals surface area contributed by atoms with Crippen molar-refractivity contribution in [3.05, 3.63) is 12.2 Å². The average Bonchev–Trinajstić information content (AvgIpc) is 2.10. The lowest BCUT2D eigenvalue weighted by molar-refractivity contribution is 0.647. The Labute approximate surface area is 77.2 Å². The van der Waals surface area contributed by atoms with Gasteiger partial charge in [0.2, 0.25) is 0 Å². The van der Waals surface area contributed by atoms with Crippen LogP contribution in [0.5, 0.6) is 0 Å². The Kier molecular flexibility index (Phi) is 10.4. The molecule has 1 N–H and O–H groups in total. The highest BCUT2D eigenvalue weighted by atomic mass is 14.8. The Morgan fingerprint density at radius 2 is 1.75 bits per heavy atom. The molecule has 0 aliphatic carbocycles. The van der Waals surface area contributed by atoms with Crippen molar-refractivity contribution >= 4 is 0 Å². The molecule has 0 atom stereocenters. The minimum Gasteiger partial charge on any atom is -0.320 e. The molecule has 0 saturated heterocycles. The van der Waals surface area contributed by atoms with Crippen LogP contribution in [0.25, 0.3) is 0 Å². The summed E-state index contributed by atoms with van der Waals surface area (Å²) < 4.78 is 0. The van der Waals surface area contributed by atoms with Crippen molar-refractivity contribution in [2.75, 3.05) is 13.6 Å². The Bertz CT molecular complexity index is 97.2. The minimum absolute atomic E-state index is 1.17. The van der Waals surface area contributed by atoms with Gasteiger partial charge in [-0.2, -0.15) is 0 Å². The number of hydrogen-bond acceptors (Lipinski definition) is 1. The van der Waals surface area contributed by atoms with Crippen molar-refractivity contribution in [1.29, 1.82) is 0 Å². The molecular formula is C11H23N. The first-order valence-corrected chi connectivity index (χ1v) is 5.21. The van der Waals surface area contributed by atoms with Crippen molar-refractivity contribution in [3.63, 3.8) is 0 Å². The van der Waals surface area contributed by atoms with Crippen molar-refractivity contribution < 1.29 is 0 Å². The molecule has 0 aliphatic rings. The van der Waals surface area contributed by atoms with E-state index in [1.807, 2.05) is 7.05 Å². The lowest BCUT2D eigenvalue weighted by Gasteiger charge is -1.97. The highest BCUT2D eigenvalue weighted by molar-refractivity contribution is 4.80. The maximum Gasteiger partial charge on any atom is -0.00519 e. The summed E-state index contributed by atoms with van der Waals surface area (Å²) >= 11 is 0. The molecule has 0 amide bonds. The second-order valence-corrected chi connectivity index (χ2v) is 3.21. The third-order valence-corrected chi connectivity index (χ3v) is 1.92. The summed E-state index contributed by atoms with van der Waals surface area (Å²) in [6, 6.07) is 0. The van der Waals surface area contributed by atoms with E-state index in [1.165, 1.54) is 45.1 Å². The molecule has 0 aromatic rings. The fraction of sp³-hybridized carbons (Fsp3) is 0.818. The van der Waals surface area contributed by atoms with Crippen molar-refractivity contribution in [2.24, 2.45) is 0 Å². The predicted molar refractivity (Wildman–Crippen MR) is 56.4 cm³/mol. The molecule has 72 valence electrons. The van der Waals surface area contributed by atoms with Gasteiger partial charge in [-0.3, -0.25) is 0 Å². The Morgan fingerprint density at radius 1 is 1.00 bits per heavy atom. The largest absolute Gasteiger partial charge is 0.320 e. The van der Waals surface area contributed by atoms with Gasteiger partial charge in [-0.15, -0.1) is 0 Å². The summed E-state index contributed by atoms with van der Waals surface area (Å²) in [6.45, 7) is 3.38. The molecule has 0 radical (unpaired) electrons. The van der Waals surface area contributed by atoms with E-state index < -0.39 is 0 Å². The third-order valence-electron chi connectivity index (χ3n) is 1.92. The molecule has 0 aromatic carbocycles. The van der Waals surface area contributed by atoms with Crippen LogP contribution in [-0.2, 0) is 0 Å². The first kappa shape index (κ1) is 11.7. The zero-order chi connectivity index (χ0) is 9.07. The minimum atomic E-state index is 1.17. The number of rotatable bonds is 8. The first-order chi connectivity index (χ1) is 5.91. The van der Waals surface area contributed by atoms with Crippen LogP contribution in [0, 0.1) is 0 Å². The molecule has 0 rings (SSSR count). The predicted octanol–water partition coefficient (Wildman–Crippen LogP) is 3.12. The molecule has 1 nitrogen and oxygen atoms in total. The fourth-order valence-electron chi connectivity index (χ4n) is 1.14. The molecule has 0 aromatic heterocycles. The van der Waals surface area contributed by atoms with E-state index in [0.29, 0.717) is 0 Å². The molecule has 0 spiro atoms. The van der Waals surface area contributed by atoms with Gasteiger partial charge in [-0.1, -0.05) is 31.9 Å². The van der Waals surface area contributed by atoms with Gasteiger partial charge in [0.25, 0.3) is 0 Å². The monoisotopic (exact) mass is 169 g/mol. The summed E-state index contributed by atoms with van der Waals surface area (Å²) in [6.07, 6.45) is 12.4. The van der Waals surface area contributed by atoms with Gasteiger partial charge < -0.3 is 5.32 Å². The fourth-order valence-corrected chi connectivity index (χ4v) is 1.14. The lowest BCUT2D eigenvalue weighted by Crippen LogP contribution is -2.06. The Morgan fingerprint density at radius 3 is 2.42 bits per heavy atom. The van der Waals surface area contributed by atoms with Gasteiger partial charge in [-0.05, 0) is 39.3 Å². The van der Waals surface area contributed by atoms with E-state index in [1.54, 1.807) is 0 Å². The van der Waals surface area contributed by atoms with E-state index in [-0.39, 0.29) is 0 Å². The average molecular weight is 169 g/mol. The number of allylic oxidation sites excluding steroid dienone is 2. The number of hydrogen-bond donors (Lipinski definition) is 1. The van der Waals surface area contributed by atoms with Gasteiger partial charge in [0.05, 0.1) is 0 Å². The SMILES string of the molecule is CCCC=CCCCCCNC. The van der Waals surface area contributed by atoms with Crippen LogP contribution in [0.3, 0.4) is 0 Å². The molecule has 0 saturated carbocycles. The van der Waals surface area contributed by atoms with Crippen LogP contribution in [-0.4, -0.2) is 13.6 Å². The van der Waals surface area contributed by atoms with Gasteiger partial charge in [0.15, 0.2) is 0 Å². The van der Waals surface area contributed by atoms with Crippen LogP contribution < -0.4 is 5.32 Å². The second kappa shape index (κ2) is 10.7. The van der Waals surface area contributed by atoms with Crippen LogP contribution in [0.4, 0.5) is 0 Å². The number of nitrogens with one attached hydrogen (secondary N) is 1. The zero-order valence-electron chi connectivity index (χ0n) is 8.60. The highest BCUT2D eigenvalue weighted by Gasteiger charge is 1.85. The molecular weight excluding hydrogens is 146 g/mol. The van der Waals surface area contributed by atoms with Crippen molar-refractivity contribution in [1.82, 2.24) is 5.32 Å². The van der Waals surface area contributed by atoms with Gasteiger partial charge >= 0.3 is 0 Å². The third kappa shape index (κ3) is 9.70. The maximum atomic E-state index is 3.16. The van der Waals surface area contributed by atoms with E-state index in [0.717, 1.165) is 0 Å². The zero-order valence-corrected chi connectivity index (χ0v) is 8.60. The summed E-state index contributed by atoms with van der Waals surface area (Å²) in [5, 5.41) is 3.16. The van der Waals surface area contributed by atoms with E-state index >= 15 is 0 Å². The van der Waals surface area contributed by atoms with Gasteiger partial charge in [-0.25, -0.2) is 0 Å². The molecule has 0 fully saturated rings. The molecule has 1 heteroatoms. The summed E-state index contributed by atoms with van der Waals surface area (Å²) in [4.78, 5) is 0. The van der Waals surface area contributed by atoms with E-state index in [9.17, 15) is 0 Å². The van der Waals surface area contributed by atoms with Crippen molar-refractivity contribution in [2.45, 2.75) is 45.4 Å². The van der Waals surface area contributed by atoms with Gasteiger partial charge in [0, 0.05) is 0 Å². The molecule has 0 bridgehead atoms. The summed E-state index contributed by atoms with van der Waals surface area (Å²) in [5.74, 6) is 0. The highest BCUT2D eigenvalue weighted by Crippen LogP contribution is 2.00. The smallest absolute Gasteiger partial charge is 0.00519 e. The van der Waals surface area contributed by atoms with E-state index in [4.69, 9.17) is 0 Å². The Balaban J connectivity index is 2.90. The lowest BCUT2D eigenvalue weighted by atomic mass is 10.2. The summed E-state index contributed by atoms with van der Waals surface area (Å²) in [7, 11) is 2.02. The maximum absolute atomic E-state index is 3.16. The molecule has 12 heavy (non-hydrogen) atoms. The molecule has 0 heterocycles. The molecule has 0 aliphatic heterocycles. The van der Waals surface area contributed by atoms with Crippen LogP contribution in [0.2, 0.25) is 0 Å². The van der Waals surface area contributed by atoms with Gasteiger partial charge in [0.1, 0.15) is 0 Å². The normalized spacial score (nSPS) is 11.2. The second-order valence-electron chi connectivity index (χ2n) is 3.21. The standard InChI is InChI=1S/C11H23N/c1-3-4-5-6-7-8-9-10-11-12-2/h5-6,12H,3-4,7-11H2,1-2H3. The number of unbranched alkanes of at least 4 members (excludes halogenated alkanes) is 4. The van der Waals surface area contributed by atoms with Crippen LogP contribution in [0.1, 0.15) is 45.4 Å². The summed E-state index contributed by atoms with van der Waals surface area (Å²) in [5.41, 5.74) is 0. The van der Waals surface area contributed by atoms with E-state index in [2.05, 4.69) is 24.4 Å². The molecule has 0 unspecified atom stereocenters. The first-order valence-electron chi connectivity index (χ1n) is 5.21. The van der Waals surface area contributed by atoms with Crippen molar-refractivity contribution in [3.8, 4) is 0 Å². The topological polar surface area (TPSA) is 12.0 Å².